The van der Waals surface area contributed by atoms with Crippen LogP contribution in [0.25, 0.3) is 0 Å². The van der Waals surface area contributed by atoms with Crippen molar-refractivity contribution in [2.75, 3.05) is 31.1 Å². The molecule has 1 saturated carbocycles. The van der Waals surface area contributed by atoms with E-state index in [-0.39, 0.29) is 0 Å². The van der Waals surface area contributed by atoms with Crippen molar-refractivity contribution in [1.82, 2.24) is 20.2 Å². The number of anilines is 1. The van der Waals surface area contributed by atoms with Crippen LogP contribution in [-0.4, -0.2) is 52.2 Å². The van der Waals surface area contributed by atoms with Gasteiger partial charge in [0.05, 0.1) is 0 Å². The second kappa shape index (κ2) is 7.22. The summed E-state index contributed by atoms with van der Waals surface area (Å²) in [6.07, 6.45) is 8.85. The standard InChI is InChI=1S/C16H25N5S/c1-13-5-2-3-6-14(13)19-16(22)21-11-9-20(10-12-21)15-17-7-4-8-18-15/h4,7-8,13-14H,2-3,5-6,9-12H2,1H3,(H,19,22)/t13-,14+/m1/s1. The quantitative estimate of drug-likeness (QED) is 0.842. The SMILES string of the molecule is C[C@@H]1CCCC[C@@H]1NC(=S)N1CCN(c2ncccn2)CC1. The van der Waals surface area contributed by atoms with Gasteiger partial charge in [0.1, 0.15) is 0 Å². The van der Waals surface area contributed by atoms with Gasteiger partial charge in [-0.05, 0) is 37.0 Å². The fraction of sp³-hybridized carbons (Fsp3) is 0.688. The zero-order valence-corrected chi connectivity index (χ0v) is 14.1. The summed E-state index contributed by atoms with van der Waals surface area (Å²) in [7, 11) is 0. The highest BCUT2D eigenvalue weighted by Crippen LogP contribution is 2.24. The first kappa shape index (κ1) is 15.5. The molecule has 0 amide bonds. The maximum atomic E-state index is 5.63. The highest BCUT2D eigenvalue weighted by Gasteiger charge is 2.25. The molecular weight excluding hydrogens is 294 g/mol. The molecule has 0 radical (unpaired) electrons. The largest absolute Gasteiger partial charge is 0.360 e. The molecule has 3 rings (SSSR count). The number of aromatic nitrogens is 2. The minimum atomic E-state index is 0.553. The molecule has 0 aromatic carbocycles. The summed E-state index contributed by atoms with van der Waals surface area (Å²) in [5, 5.41) is 4.52. The van der Waals surface area contributed by atoms with Crippen LogP contribution < -0.4 is 10.2 Å². The van der Waals surface area contributed by atoms with Gasteiger partial charge in [-0.2, -0.15) is 0 Å². The van der Waals surface area contributed by atoms with E-state index in [9.17, 15) is 0 Å². The van der Waals surface area contributed by atoms with E-state index in [2.05, 4.69) is 32.0 Å². The summed E-state index contributed by atoms with van der Waals surface area (Å²) < 4.78 is 0. The average Bonchev–Trinajstić information content (AvgIpc) is 2.58. The van der Waals surface area contributed by atoms with Gasteiger partial charge in [-0.15, -0.1) is 0 Å². The number of hydrogen-bond donors (Lipinski definition) is 1. The van der Waals surface area contributed by atoms with Crippen molar-refractivity contribution in [3.63, 3.8) is 0 Å². The maximum Gasteiger partial charge on any atom is 0.225 e. The van der Waals surface area contributed by atoms with Crippen molar-refractivity contribution in [3.8, 4) is 0 Å². The molecule has 2 fully saturated rings. The topological polar surface area (TPSA) is 44.3 Å². The third kappa shape index (κ3) is 3.66. The van der Waals surface area contributed by atoms with Crippen LogP contribution in [0, 0.1) is 5.92 Å². The number of nitrogens with one attached hydrogen (secondary N) is 1. The Hall–Kier alpha value is -1.43. The second-order valence-electron chi connectivity index (χ2n) is 6.34. The summed E-state index contributed by atoms with van der Waals surface area (Å²) in [4.78, 5) is 13.2. The van der Waals surface area contributed by atoms with Crippen LogP contribution in [-0.2, 0) is 0 Å². The molecule has 1 N–H and O–H groups in total. The highest BCUT2D eigenvalue weighted by molar-refractivity contribution is 7.80. The van der Waals surface area contributed by atoms with Gasteiger partial charge in [-0.25, -0.2) is 9.97 Å². The lowest BCUT2D eigenvalue weighted by atomic mass is 9.86. The van der Waals surface area contributed by atoms with Crippen LogP contribution in [0.4, 0.5) is 5.95 Å². The number of thiocarbonyl (C=S) groups is 1. The van der Waals surface area contributed by atoms with E-state index in [1.165, 1.54) is 25.7 Å². The van der Waals surface area contributed by atoms with E-state index in [4.69, 9.17) is 12.2 Å². The van der Waals surface area contributed by atoms with Crippen LogP contribution in [0.5, 0.6) is 0 Å². The average molecular weight is 319 g/mol. The first-order valence-corrected chi connectivity index (χ1v) is 8.72. The molecule has 6 heteroatoms. The van der Waals surface area contributed by atoms with Gasteiger partial charge in [0.25, 0.3) is 0 Å². The van der Waals surface area contributed by atoms with E-state index >= 15 is 0 Å². The maximum absolute atomic E-state index is 5.63. The molecule has 5 nitrogen and oxygen atoms in total. The van der Waals surface area contributed by atoms with Gasteiger partial charge in [-0.3, -0.25) is 0 Å². The Morgan fingerprint density at radius 2 is 1.82 bits per heavy atom. The molecule has 1 aromatic rings. The van der Waals surface area contributed by atoms with Gasteiger partial charge in [0.15, 0.2) is 5.11 Å². The van der Waals surface area contributed by atoms with Crippen LogP contribution in [0.1, 0.15) is 32.6 Å². The minimum Gasteiger partial charge on any atom is -0.360 e. The highest BCUT2D eigenvalue weighted by atomic mass is 32.1. The Kier molecular flexibility index (Phi) is 5.08. The summed E-state index contributed by atoms with van der Waals surface area (Å²) >= 11 is 5.63. The van der Waals surface area contributed by atoms with Crippen molar-refractivity contribution in [1.29, 1.82) is 0 Å². The summed E-state index contributed by atoms with van der Waals surface area (Å²) in [5.74, 6) is 1.55. The van der Waals surface area contributed by atoms with E-state index < -0.39 is 0 Å². The van der Waals surface area contributed by atoms with Crippen molar-refractivity contribution >= 4 is 23.3 Å². The lowest BCUT2D eigenvalue weighted by molar-refractivity contribution is 0.293. The summed E-state index contributed by atoms with van der Waals surface area (Å²) in [5.41, 5.74) is 0. The van der Waals surface area contributed by atoms with Gasteiger partial charge in [0, 0.05) is 44.6 Å². The van der Waals surface area contributed by atoms with Crippen LogP contribution >= 0.6 is 12.2 Å². The fourth-order valence-corrected chi connectivity index (χ4v) is 3.68. The number of rotatable bonds is 2. The molecule has 0 unspecified atom stereocenters. The molecule has 22 heavy (non-hydrogen) atoms. The predicted octanol–water partition coefficient (Wildman–Crippen LogP) is 2.05. The van der Waals surface area contributed by atoms with Gasteiger partial charge in [0.2, 0.25) is 5.95 Å². The Morgan fingerprint density at radius 3 is 2.50 bits per heavy atom. The van der Waals surface area contributed by atoms with Crippen molar-refractivity contribution in [2.24, 2.45) is 5.92 Å². The monoisotopic (exact) mass is 319 g/mol. The third-order valence-corrected chi connectivity index (χ3v) is 5.20. The van der Waals surface area contributed by atoms with Gasteiger partial charge >= 0.3 is 0 Å². The first-order chi connectivity index (χ1) is 10.7. The van der Waals surface area contributed by atoms with Crippen molar-refractivity contribution in [3.05, 3.63) is 18.5 Å². The summed E-state index contributed by atoms with van der Waals surface area (Å²) in [6.45, 7) is 6.05. The fourth-order valence-electron chi connectivity index (χ4n) is 3.34. The summed E-state index contributed by atoms with van der Waals surface area (Å²) in [6, 6.07) is 2.40. The Labute approximate surface area is 138 Å². The van der Waals surface area contributed by atoms with Gasteiger partial charge < -0.3 is 15.1 Å². The van der Waals surface area contributed by atoms with E-state index in [1.54, 1.807) is 12.4 Å². The number of hydrogen-bond acceptors (Lipinski definition) is 4. The molecule has 1 aliphatic heterocycles. The Balaban J connectivity index is 1.49. The van der Waals surface area contributed by atoms with E-state index in [1.807, 2.05) is 6.07 Å². The molecule has 0 bridgehead atoms. The number of nitrogens with zero attached hydrogens (tertiary/aromatic N) is 4. The molecular formula is C16H25N5S. The molecule has 1 aromatic heterocycles. The predicted molar refractivity (Wildman–Crippen MR) is 93.0 cm³/mol. The van der Waals surface area contributed by atoms with E-state index in [0.29, 0.717) is 6.04 Å². The normalized spacial score (nSPS) is 25.9. The van der Waals surface area contributed by atoms with Crippen LogP contribution in [0.2, 0.25) is 0 Å². The minimum absolute atomic E-state index is 0.553. The molecule has 1 saturated heterocycles. The third-order valence-electron chi connectivity index (χ3n) is 4.82. The van der Waals surface area contributed by atoms with E-state index in [0.717, 1.165) is 43.2 Å². The molecule has 0 spiro atoms. The molecule has 2 heterocycles. The van der Waals surface area contributed by atoms with Crippen LogP contribution in [0.15, 0.2) is 18.5 Å². The molecule has 1 aliphatic carbocycles. The van der Waals surface area contributed by atoms with Crippen molar-refractivity contribution < 1.29 is 0 Å². The van der Waals surface area contributed by atoms with Gasteiger partial charge in [-0.1, -0.05) is 19.8 Å². The van der Waals surface area contributed by atoms with Crippen LogP contribution in [0.3, 0.4) is 0 Å². The Morgan fingerprint density at radius 1 is 1.14 bits per heavy atom. The lowest BCUT2D eigenvalue weighted by Crippen LogP contribution is -2.54. The Bertz CT molecular complexity index is 487. The molecule has 120 valence electrons. The smallest absolute Gasteiger partial charge is 0.225 e. The number of piperazine rings is 1. The lowest BCUT2D eigenvalue weighted by Gasteiger charge is -2.38. The molecule has 2 atom stereocenters. The zero-order chi connectivity index (χ0) is 15.4. The zero-order valence-electron chi connectivity index (χ0n) is 13.2. The first-order valence-electron chi connectivity index (χ1n) is 8.31. The second-order valence-corrected chi connectivity index (χ2v) is 6.73. The van der Waals surface area contributed by atoms with Crippen molar-refractivity contribution in [2.45, 2.75) is 38.6 Å². The molecule has 2 aliphatic rings.